The van der Waals surface area contributed by atoms with Crippen molar-refractivity contribution < 1.29 is 8.78 Å². The molecule has 0 atom stereocenters. The summed E-state index contributed by atoms with van der Waals surface area (Å²) >= 11 is 0. The van der Waals surface area contributed by atoms with Gasteiger partial charge in [0.05, 0.1) is 17.6 Å². The average molecular weight is 547 g/mol. The molecule has 6 rings (SSSR count). The Morgan fingerprint density at radius 1 is 0.700 bits per heavy atom. The molecule has 0 radical (unpaired) electrons. The quantitative estimate of drug-likeness (QED) is 0.312. The van der Waals surface area contributed by atoms with Gasteiger partial charge in [-0.15, -0.1) is 0 Å². The van der Waals surface area contributed by atoms with Crippen LogP contribution < -0.4 is 0 Å². The zero-order valence-corrected chi connectivity index (χ0v) is 24.0. The zero-order chi connectivity index (χ0) is 28.2. The van der Waals surface area contributed by atoms with Crippen molar-refractivity contribution in [1.29, 1.82) is 0 Å². The number of piperidine rings is 2. The molecule has 0 saturated carbocycles. The molecule has 0 unspecified atom stereocenters. The monoisotopic (exact) mass is 546 g/mol. The molecule has 8 heteroatoms. The number of aromatic nitrogens is 4. The van der Waals surface area contributed by atoms with E-state index in [1.807, 2.05) is 38.6 Å². The van der Waals surface area contributed by atoms with Gasteiger partial charge in [-0.25, -0.2) is 18.7 Å². The standard InChI is InChI=1S/2C16H20FN3/c1-19-8-6-12(7-9-19)16-18-15(11-20(16)2)13-4-3-5-14(17)10-13;1-19-8-6-12(7-9-19)16-18-11-15(20(16)2)13-4-3-5-14(17)10-13/h2*3-5,10-12H,6-9H2,1-2H3. The lowest BCUT2D eigenvalue weighted by Crippen LogP contribution is -2.30. The van der Waals surface area contributed by atoms with E-state index in [0.717, 1.165) is 86.0 Å². The first kappa shape index (κ1) is 28.2. The molecule has 212 valence electrons. The number of hydrogen-bond acceptors (Lipinski definition) is 4. The molecule has 0 aliphatic carbocycles. The summed E-state index contributed by atoms with van der Waals surface area (Å²) in [5.74, 6) is 2.85. The third kappa shape index (κ3) is 6.50. The maximum absolute atomic E-state index is 13.4. The van der Waals surface area contributed by atoms with Gasteiger partial charge in [-0.2, -0.15) is 0 Å². The van der Waals surface area contributed by atoms with Crippen LogP contribution in [-0.2, 0) is 14.1 Å². The van der Waals surface area contributed by atoms with Gasteiger partial charge >= 0.3 is 0 Å². The van der Waals surface area contributed by atoms with Crippen molar-refractivity contribution in [2.24, 2.45) is 14.1 Å². The van der Waals surface area contributed by atoms with Crippen LogP contribution in [0.2, 0.25) is 0 Å². The first-order chi connectivity index (χ1) is 19.3. The van der Waals surface area contributed by atoms with Gasteiger partial charge in [-0.1, -0.05) is 24.3 Å². The third-order valence-corrected chi connectivity index (χ3v) is 8.34. The van der Waals surface area contributed by atoms with Crippen molar-refractivity contribution in [3.05, 3.63) is 84.2 Å². The maximum atomic E-state index is 13.4. The number of imidazole rings is 2. The molecule has 0 spiro atoms. The molecular weight excluding hydrogens is 506 g/mol. The second kappa shape index (κ2) is 12.4. The topological polar surface area (TPSA) is 42.1 Å². The van der Waals surface area contributed by atoms with Crippen LogP contribution in [0.5, 0.6) is 0 Å². The zero-order valence-electron chi connectivity index (χ0n) is 24.0. The van der Waals surface area contributed by atoms with Gasteiger partial charge in [0.15, 0.2) is 0 Å². The summed E-state index contributed by atoms with van der Waals surface area (Å²) in [5.41, 5.74) is 3.58. The van der Waals surface area contributed by atoms with Gasteiger partial charge in [0, 0.05) is 43.3 Å². The molecule has 2 aromatic heterocycles. The number of halogens is 2. The van der Waals surface area contributed by atoms with Crippen molar-refractivity contribution in [3.63, 3.8) is 0 Å². The van der Waals surface area contributed by atoms with Crippen LogP contribution in [0.25, 0.3) is 22.5 Å². The molecule has 0 N–H and O–H groups in total. The summed E-state index contributed by atoms with van der Waals surface area (Å²) in [6, 6.07) is 13.3. The molecule has 40 heavy (non-hydrogen) atoms. The lowest BCUT2D eigenvalue weighted by molar-refractivity contribution is 0.249. The molecule has 2 aliphatic heterocycles. The largest absolute Gasteiger partial charge is 0.337 e. The molecule has 4 heterocycles. The van der Waals surface area contributed by atoms with E-state index in [1.165, 1.54) is 12.1 Å². The summed E-state index contributed by atoms with van der Waals surface area (Å²) in [5, 5.41) is 0. The number of benzene rings is 2. The SMILES string of the molecule is CN1CCC(c2nc(-c3cccc(F)c3)cn2C)CC1.CN1CCC(c2ncc(-c3cccc(F)c3)n2C)CC1. The highest BCUT2D eigenvalue weighted by Crippen LogP contribution is 2.31. The predicted octanol–water partition coefficient (Wildman–Crippen LogP) is 6.07. The molecule has 2 aliphatic rings. The fourth-order valence-electron chi connectivity index (χ4n) is 5.90. The van der Waals surface area contributed by atoms with E-state index >= 15 is 0 Å². The Bertz CT molecular complexity index is 1390. The van der Waals surface area contributed by atoms with Crippen molar-refractivity contribution in [3.8, 4) is 22.5 Å². The molecule has 0 amide bonds. The van der Waals surface area contributed by atoms with Crippen molar-refractivity contribution in [2.45, 2.75) is 37.5 Å². The highest BCUT2D eigenvalue weighted by atomic mass is 19.1. The first-order valence-electron chi connectivity index (χ1n) is 14.2. The van der Waals surface area contributed by atoms with Crippen molar-refractivity contribution >= 4 is 0 Å². The Morgan fingerprint density at radius 2 is 1.23 bits per heavy atom. The highest BCUT2D eigenvalue weighted by molar-refractivity contribution is 5.60. The minimum Gasteiger partial charge on any atom is -0.337 e. The number of hydrogen-bond donors (Lipinski definition) is 0. The van der Waals surface area contributed by atoms with Crippen molar-refractivity contribution in [2.75, 3.05) is 40.3 Å². The van der Waals surface area contributed by atoms with Gasteiger partial charge in [0.25, 0.3) is 0 Å². The summed E-state index contributed by atoms with van der Waals surface area (Å²) in [6.45, 7) is 4.47. The minimum absolute atomic E-state index is 0.204. The Hall–Kier alpha value is -3.36. The molecule has 2 fully saturated rings. The summed E-state index contributed by atoms with van der Waals surface area (Å²) in [4.78, 5) is 14.0. The Labute approximate surface area is 236 Å². The van der Waals surface area contributed by atoms with E-state index in [9.17, 15) is 8.78 Å². The lowest BCUT2D eigenvalue weighted by Gasteiger charge is -2.28. The van der Waals surface area contributed by atoms with Gasteiger partial charge in [-0.3, -0.25) is 0 Å². The Balaban J connectivity index is 0.000000161. The van der Waals surface area contributed by atoms with E-state index in [4.69, 9.17) is 4.98 Å². The van der Waals surface area contributed by atoms with Crippen molar-refractivity contribution in [1.82, 2.24) is 28.9 Å². The van der Waals surface area contributed by atoms with E-state index in [0.29, 0.717) is 11.8 Å². The minimum atomic E-state index is -0.214. The smallest absolute Gasteiger partial charge is 0.123 e. The van der Waals surface area contributed by atoms with Crippen LogP contribution in [0, 0.1) is 11.6 Å². The number of rotatable bonds is 4. The first-order valence-corrected chi connectivity index (χ1v) is 14.2. The Kier molecular flexibility index (Phi) is 8.76. The molecule has 2 aromatic carbocycles. The van der Waals surface area contributed by atoms with E-state index in [2.05, 4.69) is 38.0 Å². The van der Waals surface area contributed by atoms with Crippen LogP contribution in [0.3, 0.4) is 0 Å². The molecule has 6 nitrogen and oxygen atoms in total. The lowest BCUT2D eigenvalue weighted by atomic mass is 9.96. The fraction of sp³-hybridized carbons (Fsp3) is 0.438. The maximum Gasteiger partial charge on any atom is 0.123 e. The van der Waals surface area contributed by atoms with Crippen LogP contribution in [0.4, 0.5) is 8.78 Å². The van der Waals surface area contributed by atoms with Crippen LogP contribution in [-0.4, -0.2) is 69.2 Å². The van der Waals surface area contributed by atoms with Gasteiger partial charge in [0.1, 0.15) is 23.3 Å². The van der Waals surface area contributed by atoms with Gasteiger partial charge in [0.2, 0.25) is 0 Å². The van der Waals surface area contributed by atoms with E-state index in [-0.39, 0.29) is 11.6 Å². The highest BCUT2D eigenvalue weighted by Gasteiger charge is 2.24. The van der Waals surface area contributed by atoms with E-state index < -0.39 is 0 Å². The molecule has 2 saturated heterocycles. The van der Waals surface area contributed by atoms with Crippen LogP contribution >= 0.6 is 0 Å². The Morgan fingerprint density at radius 3 is 1.80 bits per heavy atom. The summed E-state index contributed by atoms with van der Waals surface area (Å²) < 4.78 is 30.9. The van der Waals surface area contributed by atoms with Gasteiger partial charge < -0.3 is 18.9 Å². The second-order valence-corrected chi connectivity index (χ2v) is 11.3. The number of aryl methyl sites for hydroxylation is 1. The molecular formula is C32H40F2N6. The predicted molar refractivity (Wildman–Crippen MR) is 156 cm³/mol. The summed E-state index contributed by atoms with van der Waals surface area (Å²) in [7, 11) is 8.38. The number of nitrogens with zero attached hydrogens (tertiary/aromatic N) is 6. The third-order valence-electron chi connectivity index (χ3n) is 8.34. The normalized spacial score (nSPS) is 17.6. The molecule has 4 aromatic rings. The van der Waals surface area contributed by atoms with Gasteiger partial charge in [-0.05, 0) is 90.2 Å². The van der Waals surface area contributed by atoms with Crippen LogP contribution in [0.15, 0.2) is 60.9 Å². The number of likely N-dealkylation sites (tertiary alicyclic amines) is 2. The summed E-state index contributed by atoms with van der Waals surface area (Å²) in [6.07, 6.45) is 8.44. The van der Waals surface area contributed by atoms with E-state index in [1.54, 1.807) is 24.3 Å². The molecule has 0 bridgehead atoms. The fourth-order valence-corrected chi connectivity index (χ4v) is 5.90. The second-order valence-electron chi connectivity index (χ2n) is 11.3. The average Bonchev–Trinajstić information content (AvgIpc) is 3.53. The van der Waals surface area contributed by atoms with Crippen LogP contribution in [0.1, 0.15) is 49.2 Å².